The second-order valence-corrected chi connectivity index (χ2v) is 7.95. The van der Waals surface area contributed by atoms with Gasteiger partial charge in [0.2, 0.25) is 16.9 Å². The van der Waals surface area contributed by atoms with Crippen molar-refractivity contribution in [3.05, 3.63) is 5.82 Å². The van der Waals surface area contributed by atoms with Crippen LogP contribution in [0.1, 0.15) is 12.2 Å². The zero-order valence-electron chi connectivity index (χ0n) is 17.1. The predicted molar refractivity (Wildman–Crippen MR) is 109 cm³/mol. The Morgan fingerprint density at radius 1 is 1.31 bits per heavy atom. The highest BCUT2D eigenvalue weighted by molar-refractivity contribution is 7.09. The molecule has 0 saturated carbocycles. The van der Waals surface area contributed by atoms with E-state index in [0.29, 0.717) is 65.4 Å². The molecule has 2 fully saturated rings. The summed E-state index contributed by atoms with van der Waals surface area (Å²) in [5.74, 6) is 0.719. The SMILES string of the molecule is COCCc1nsc(N2CCNC(=O)CCN(C(=O)C3COCCN3C)CC2)n1. The second kappa shape index (κ2) is 10.8. The maximum Gasteiger partial charge on any atom is 0.242 e. The summed E-state index contributed by atoms with van der Waals surface area (Å²) in [7, 11) is 3.59. The number of methoxy groups -OCH3 is 1. The van der Waals surface area contributed by atoms with E-state index in [1.165, 1.54) is 11.5 Å². The molecule has 0 aromatic carbocycles. The number of hydrogen-bond acceptors (Lipinski definition) is 9. The normalized spacial score (nSPS) is 22.4. The first kappa shape index (κ1) is 21.9. The Morgan fingerprint density at radius 3 is 2.97 bits per heavy atom. The Labute approximate surface area is 175 Å². The molecule has 3 heterocycles. The highest BCUT2D eigenvalue weighted by Gasteiger charge is 2.31. The summed E-state index contributed by atoms with van der Waals surface area (Å²) in [6.45, 7) is 5.06. The van der Waals surface area contributed by atoms with Gasteiger partial charge in [0.25, 0.3) is 0 Å². The summed E-state index contributed by atoms with van der Waals surface area (Å²) in [5.41, 5.74) is 0. The molecule has 0 aliphatic carbocycles. The lowest BCUT2D eigenvalue weighted by Crippen LogP contribution is -2.55. The number of carbonyl (C=O) groups excluding carboxylic acids is 2. The highest BCUT2D eigenvalue weighted by atomic mass is 32.1. The van der Waals surface area contributed by atoms with E-state index in [0.717, 1.165) is 17.5 Å². The van der Waals surface area contributed by atoms with Gasteiger partial charge in [-0.05, 0) is 7.05 Å². The van der Waals surface area contributed by atoms with E-state index >= 15 is 0 Å². The van der Waals surface area contributed by atoms with Gasteiger partial charge in [0, 0.05) is 70.8 Å². The van der Waals surface area contributed by atoms with Crippen molar-refractivity contribution >= 4 is 28.5 Å². The second-order valence-electron chi connectivity index (χ2n) is 7.22. The van der Waals surface area contributed by atoms with Gasteiger partial charge in [0.05, 0.1) is 19.8 Å². The van der Waals surface area contributed by atoms with Gasteiger partial charge >= 0.3 is 0 Å². The predicted octanol–water partition coefficient (Wildman–Crippen LogP) is -0.787. The van der Waals surface area contributed by atoms with Crippen molar-refractivity contribution in [3.8, 4) is 0 Å². The van der Waals surface area contributed by atoms with Crippen molar-refractivity contribution in [3.63, 3.8) is 0 Å². The van der Waals surface area contributed by atoms with Crippen LogP contribution in [0.3, 0.4) is 0 Å². The van der Waals surface area contributed by atoms with Crippen molar-refractivity contribution in [2.75, 3.05) is 78.1 Å². The van der Waals surface area contributed by atoms with Gasteiger partial charge in [-0.3, -0.25) is 14.5 Å². The Hall–Kier alpha value is -1.82. The Balaban J connectivity index is 1.68. The molecular formula is C18H30N6O4S. The number of carbonyl (C=O) groups is 2. The van der Waals surface area contributed by atoms with Gasteiger partial charge in [-0.1, -0.05) is 0 Å². The van der Waals surface area contributed by atoms with E-state index in [1.54, 1.807) is 12.0 Å². The molecule has 2 saturated heterocycles. The summed E-state index contributed by atoms with van der Waals surface area (Å²) in [5, 5.41) is 3.73. The fourth-order valence-electron chi connectivity index (χ4n) is 3.36. The number of morpholine rings is 1. The monoisotopic (exact) mass is 426 g/mol. The Bertz CT molecular complexity index is 687. The molecule has 0 spiro atoms. The first-order chi connectivity index (χ1) is 14.1. The van der Waals surface area contributed by atoms with Crippen LogP contribution in [0.25, 0.3) is 0 Å². The summed E-state index contributed by atoms with van der Waals surface area (Å²) >= 11 is 1.34. The zero-order chi connectivity index (χ0) is 20.6. The van der Waals surface area contributed by atoms with E-state index in [9.17, 15) is 9.59 Å². The van der Waals surface area contributed by atoms with E-state index in [4.69, 9.17) is 9.47 Å². The topological polar surface area (TPSA) is 100 Å². The quantitative estimate of drug-likeness (QED) is 0.654. The fraction of sp³-hybridized carbons (Fsp3) is 0.778. The smallest absolute Gasteiger partial charge is 0.242 e. The number of ether oxygens (including phenoxy) is 2. The van der Waals surface area contributed by atoms with Crippen LogP contribution in [0.5, 0.6) is 0 Å². The zero-order valence-corrected chi connectivity index (χ0v) is 17.9. The minimum absolute atomic E-state index is 0.0126. The standard InChI is InChI=1S/C18H30N6O4S/c1-22-10-12-28-13-14(22)17(26)23-6-3-16(25)19-5-7-24(9-8-23)18-20-15(21-29-18)4-11-27-2/h14H,3-13H2,1-2H3,(H,19,25). The van der Waals surface area contributed by atoms with Gasteiger partial charge in [0.1, 0.15) is 11.9 Å². The Kier molecular flexibility index (Phi) is 8.16. The largest absolute Gasteiger partial charge is 0.384 e. The molecule has 1 aromatic rings. The minimum Gasteiger partial charge on any atom is -0.384 e. The van der Waals surface area contributed by atoms with Crippen molar-refractivity contribution in [1.29, 1.82) is 0 Å². The molecule has 1 atom stereocenters. The third kappa shape index (κ3) is 6.08. The number of anilines is 1. The molecule has 11 heteroatoms. The van der Waals surface area contributed by atoms with Crippen LogP contribution >= 0.6 is 11.5 Å². The number of rotatable bonds is 5. The van der Waals surface area contributed by atoms with Gasteiger partial charge in [-0.25, -0.2) is 4.98 Å². The molecule has 1 unspecified atom stereocenters. The molecule has 2 aliphatic heterocycles. The molecule has 2 amide bonds. The molecule has 3 rings (SSSR count). The number of aromatic nitrogens is 2. The van der Waals surface area contributed by atoms with Crippen LogP contribution in [-0.2, 0) is 25.5 Å². The molecule has 29 heavy (non-hydrogen) atoms. The number of nitrogens with one attached hydrogen (secondary N) is 1. The first-order valence-corrected chi connectivity index (χ1v) is 10.8. The summed E-state index contributed by atoms with van der Waals surface area (Å²) in [4.78, 5) is 35.7. The molecule has 1 aromatic heterocycles. The van der Waals surface area contributed by atoms with Crippen molar-refractivity contribution in [2.45, 2.75) is 18.9 Å². The number of amides is 2. The minimum atomic E-state index is -0.301. The van der Waals surface area contributed by atoms with Gasteiger partial charge in [0.15, 0.2) is 0 Å². The van der Waals surface area contributed by atoms with E-state index < -0.39 is 0 Å². The molecular weight excluding hydrogens is 396 g/mol. The van der Waals surface area contributed by atoms with E-state index in [1.807, 2.05) is 11.9 Å². The first-order valence-electron chi connectivity index (χ1n) is 9.98. The average Bonchev–Trinajstić information content (AvgIpc) is 3.19. The van der Waals surface area contributed by atoms with Crippen LogP contribution < -0.4 is 10.2 Å². The van der Waals surface area contributed by atoms with E-state index in [-0.39, 0.29) is 17.9 Å². The number of likely N-dealkylation sites (N-methyl/N-ethyl adjacent to an activating group) is 1. The van der Waals surface area contributed by atoms with Crippen LogP contribution in [-0.4, -0.2) is 110 Å². The molecule has 10 nitrogen and oxygen atoms in total. The van der Waals surface area contributed by atoms with Crippen molar-refractivity contribution in [2.24, 2.45) is 0 Å². The lowest BCUT2D eigenvalue weighted by atomic mass is 10.2. The third-order valence-electron chi connectivity index (χ3n) is 5.20. The van der Waals surface area contributed by atoms with Crippen molar-refractivity contribution in [1.82, 2.24) is 24.5 Å². The maximum absolute atomic E-state index is 13.1. The lowest BCUT2D eigenvalue weighted by molar-refractivity contribution is -0.142. The highest BCUT2D eigenvalue weighted by Crippen LogP contribution is 2.18. The molecule has 162 valence electrons. The Morgan fingerprint density at radius 2 is 2.17 bits per heavy atom. The van der Waals surface area contributed by atoms with Crippen molar-refractivity contribution < 1.29 is 19.1 Å². The van der Waals surface area contributed by atoms with Gasteiger partial charge in [-0.15, -0.1) is 0 Å². The average molecular weight is 427 g/mol. The summed E-state index contributed by atoms with van der Waals surface area (Å²) in [6, 6.07) is -0.301. The van der Waals surface area contributed by atoms with Crippen LogP contribution in [0, 0.1) is 0 Å². The third-order valence-corrected chi connectivity index (χ3v) is 6.02. The fourth-order valence-corrected chi connectivity index (χ4v) is 4.12. The van der Waals surface area contributed by atoms with Crippen LogP contribution in [0.2, 0.25) is 0 Å². The molecule has 1 N–H and O–H groups in total. The summed E-state index contributed by atoms with van der Waals surface area (Å²) < 4.78 is 15.0. The number of nitrogens with zero attached hydrogens (tertiary/aromatic N) is 5. The van der Waals surface area contributed by atoms with E-state index in [2.05, 4.69) is 19.6 Å². The lowest BCUT2D eigenvalue weighted by Gasteiger charge is -2.36. The molecule has 0 bridgehead atoms. The van der Waals surface area contributed by atoms with Crippen LogP contribution in [0.4, 0.5) is 5.13 Å². The van der Waals surface area contributed by atoms with Gasteiger partial charge < -0.3 is 24.6 Å². The van der Waals surface area contributed by atoms with Gasteiger partial charge in [-0.2, -0.15) is 4.37 Å². The summed E-state index contributed by atoms with van der Waals surface area (Å²) in [6.07, 6.45) is 0.971. The molecule has 0 radical (unpaired) electrons. The van der Waals surface area contributed by atoms with Crippen LogP contribution in [0.15, 0.2) is 0 Å². The molecule has 2 aliphatic rings. The maximum atomic E-state index is 13.1. The number of hydrogen-bond donors (Lipinski definition) is 1.